The van der Waals surface area contributed by atoms with Crippen molar-refractivity contribution in [2.45, 2.75) is 0 Å². The number of hydrogen-bond acceptors (Lipinski definition) is 4. The zero-order valence-electron chi connectivity index (χ0n) is 16.8. The molecule has 0 aliphatic rings. The fraction of sp³-hybridized carbons (Fsp3) is 0.0833. The number of ether oxygens (including phenoxy) is 2. The molecule has 4 aromatic rings. The Hall–Kier alpha value is -3.09. The number of benzene rings is 3. The average molecular weight is 498 g/mol. The van der Waals surface area contributed by atoms with Crippen molar-refractivity contribution in [1.29, 1.82) is 0 Å². The van der Waals surface area contributed by atoms with Crippen molar-refractivity contribution in [1.82, 2.24) is 4.98 Å². The predicted octanol–water partition coefficient (Wildman–Crippen LogP) is 6.59. The monoisotopic (exact) mass is 496 g/mol. The molecule has 4 rings (SSSR count). The van der Waals surface area contributed by atoms with Crippen LogP contribution in [0.3, 0.4) is 0 Å². The first-order valence-corrected chi connectivity index (χ1v) is 10.6. The van der Waals surface area contributed by atoms with Crippen LogP contribution in [-0.2, 0) is 0 Å². The van der Waals surface area contributed by atoms with Crippen LogP contribution in [0.25, 0.3) is 22.2 Å². The molecular formula is C24H18BrClN2O3. The van der Waals surface area contributed by atoms with Gasteiger partial charge in [0.25, 0.3) is 5.91 Å². The summed E-state index contributed by atoms with van der Waals surface area (Å²) in [6, 6.07) is 20.1. The Balaban J connectivity index is 1.81. The summed E-state index contributed by atoms with van der Waals surface area (Å²) in [5.41, 5.74) is 3.19. The third-order valence-corrected chi connectivity index (χ3v) is 5.63. The summed E-state index contributed by atoms with van der Waals surface area (Å²) in [7, 11) is 3.16. The number of para-hydroxylation sites is 1. The molecule has 156 valence electrons. The van der Waals surface area contributed by atoms with E-state index in [4.69, 9.17) is 26.1 Å². The maximum atomic E-state index is 13.2. The lowest BCUT2D eigenvalue weighted by Gasteiger charge is -2.13. The SMILES string of the molecule is COc1ccc(-c2cc(C(=O)Nc3ccc(Br)cc3Cl)c3ccccc3n2)cc1OC. The average Bonchev–Trinajstić information content (AvgIpc) is 2.79. The highest BCUT2D eigenvalue weighted by atomic mass is 79.9. The first-order valence-electron chi connectivity index (χ1n) is 9.38. The Kier molecular flexibility index (Phi) is 6.11. The Bertz CT molecular complexity index is 1290. The summed E-state index contributed by atoms with van der Waals surface area (Å²) in [5.74, 6) is 0.932. The van der Waals surface area contributed by atoms with E-state index in [2.05, 4.69) is 21.2 Å². The minimum absolute atomic E-state index is 0.274. The van der Waals surface area contributed by atoms with E-state index in [1.807, 2.05) is 48.5 Å². The van der Waals surface area contributed by atoms with Crippen molar-refractivity contribution in [3.63, 3.8) is 0 Å². The van der Waals surface area contributed by atoms with Crippen molar-refractivity contribution in [3.05, 3.63) is 81.8 Å². The number of carbonyl (C=O) groups is 1. The summed E-state index contributed by atoms with van der Waals surface area (Å²) in [6.07, 6.45) is 0. The number of anilines is 1. The van der Waals surface area contributed by atoms with Crippen LogP contribution in [0.15, 0.2) is 71.2 Å². The fourth-order valence-corrected chi connectivity index (χ4v) is 4.01. The molecule has 0 radical (unpaired) electrons. The quantitative estimate of drug-likeness (QED) is 0.338. The normalized spacial score (nSPS) is 10.7. The third kappa shape index (κ3) is 4.36. The van der Waals surface area contributed by atoms with Crippen LogP contribution >= 0.6 is 27.5 Å². The van der Waals surface area contributed by atoms with Gasteiger partial charge in [0.2, 0.25) is 0 Å². The van der Waals surface area contributed by atoms with Gasteiger partial charge >= 0.3 is 0 Å². The summed E-state index contributed by atoms with van der Waals surface area (Å²) < 4.78 is 11.6. The fourth-order valence-electron chi connectivity index (χ4n) is 3.29. The number of methoxy groups -OCH3 is 2. The molecule has 3 aromatic carbocycles. The van der Waals surface area contributed by atoms with Crippen molar-refractivity contribution < 1.29 is 14.3 Å². The number of halogens is 2. The van der Waals surface area contributed by atoms with Gasteiger partial charge in [-0.1, -0.05) is 45.7 Å². The lowest BCUT2D eigenvalue weighted by molar-refractivity contribution is 0.102. The van der Waals surface area contributed by atoms with Gasteiger partial charge < -0.3 is 14.8 Å². The van der Waals surface area contributed by atoms with Crippen LogP contribution in [0.4, 0.5) is 5.69 Å². The number of nitrogens with zero attached hydrogens (tertiary/aromatic N) is 1. The number of rotatable bonds is 5. The van der Waals surface area contributed by atoms with Crippen LogP contribution in [0.5, 0.6) is 11.5 Å². The van der Waals surface area contributed by atoms with E-state index >= 15 is 0 Å². The molecule has 1 amide bonds. The van der Waals surface area contributed by atoms with E-state index in [-0.39, 0.29) is 5.91 Å². The smallest absolute Gasteiger partial charge is 0.256 e. The molecule has 0 atom stereocenters. The van der Waals surface area contributed by atoms with Crippen LogP contribution in [-0.4, -0.2) is 25.1 Å². The predicted molar refractivity (Wildman–Crippen MR) is 127 cm³/mol. The Labute approximate surface area is 193 Å². The first-order chi connectivity index (χ1) is 15.0. The number of aromatic nitrogens is 1. The van der Waals surface area contributed by atoms with E-state index in [1.54, 1.807) is 32.4 Å². The number of hydrogen-bond donors (Lipinski definition) is 1. The van der Waals surface area contributed by atoms with Gasteiger partial charge in [-0.05, 0) is 48.5 Å². The van der Waals surface area contributed by atoms with Crippen LogP contribution in [0.2, 0.25) is 5.02 Å². The molecule has 31 heavy (non-hydrogen) atoms. The molecule has 1 aromatic heterocycles. The number of nitrogens with one attached hydrogen (secondary N) is 1. The lowest BCUT2D eigenvalue weighted by Crippen LogP contribution is -2.13. The molecule has 5 nitrogen and oxygen atoms in total. The van der Waals surface area contributed by atoms with Gasteiger partial charge in [0.1, 0.15) is 0 Å². The summed E-state index contributed by atoms with van der Waals surface area (Å²) in [6.45, 7) is 0. The number of amides is 1. The van der Waals surface area contributed by atoms with Gasteiger partial charge in [0, 0.05) is 15.4 Å². The summed E-state index contributed by atoms with van der Waals surface area (Å²) in [5, 5.41) is 4.09. The standard InChI is InChI=1S/C24H18BrClN2O3/c1-30-22-10-7-14(11-23(22)31-2)21-13-17(16-5-3-4-6-19(16)27-21)24(29)28-20-9-8-15(25)12-18(20)26/h3-13H,1-2H3,(H,28,29). The van der Waals surface area contributed by atoms with E-state index < -0.39 is 0 Å². The molecule has 0 fully saturated rings. The highest BCUT2D eigenvalue weighted by Crippen LogP contribution is 2.33. The van der Waals surface area contributed by atoms with Gasteiger partial charge in [0.05, 0.1) is 41.7 Å². The zero-order valence-corrected chi connectivity index (χ0v) is 19.1. The molecule has 1 N–H and O–H groups in total. The van der Waals surface area contributed by atoms with Gasteiger partial charge in [-0.3, -0.25) is 4.79 Å². The third-order valence-electron chi connectivity index (χ3n) is 4.82. The van der Waals surface area contributed by atoms with Crippen molar-refractivity contribution in [2.75, 3.05) is 19.5 Å². The molecule has 0 bridgehead atoms. The minimum Gasteiger partial charge on any atom is -0.493 e. The molecule has 1 heterocycles. The first kappa shape index (κ1) is 21.2. The molecule has 0 unspecified atom stereocenters. The Morgan fingerprint density at radius 3 is 2.48 bits per heavy atom. The van der Waals surface area contributed by atoms with E-state index in [0.717, 1.165) is 15.4 Å². The second-order valence-electron chi connectivity index (χ2n) is 6.72. The number of fused-ring (bicyclic) bond motifs is 1. The topological polar surface area (TPSA) is 60.5 Å². The molecule has 0 saturated heterocycles. The number of carbonyl (C=O) groups excluding carboxylic acids is 1. The van der Waals surface area contributed by atoms with Gasteiger partial charge in [-0.2, -0.15) is 0 Å². The van der Waals surface area contributed by atoms with Crippen LogP contribution in [0.1, 0.15) is 10.4 Å². The molecule has 0 aliphatic heterocycles. The maximum Gasteiger partial charge on any atom is 0.256 e. The summed E-state index contributed by atoms with van der Waals surface area (Å²) in [4.78, 5) is 18.0. The van der Waals surface area contributed by atoms with Gasteiger partial charge in [0.15, 0.2) is 11.5 Å². The lowest BCUT2D eigenvalue weighted by atomic mass is 10.0. The number of pyridine rings is 1. The second-order valence-corrected chi connectivity index (χ2v) is 8.04. The van der Waals surface area contributed by atoms with Crippen LogP contribution < -0.4 is 14.8 Å². The molecule has 0 spiro atoms. The molecular weight excluding hydrogens is 480 g/mol. The molecule has 0 aliphatic carbocycles. The minimum atomic E-state index is -0.274. The second kappa shape index (κ2) is 8.96. The van der Waals surface area contributed by atoms with Crippen molar-refractivity contribution in [3.8, 4) is 22.8 Å². The largest absolute Gasteiger partial charge is 0.493 e. The van der Waals surface area contributed by atoms with Crippen molar-refractivity contribution in [2.24, 2.45) is 0 Å². The zero-order chi connectivity index (χ0) is 22.0. The van der Waals surface area contributed by atoms with E-state index in [9.17, 15) is 4.79 Å². The van der Waals surface area contributed by atoms with E-state index in [0.29, 0.717) is 39.0 Å². The van der Waals surface area contributed by atoms with E-state index in [1.165, 1.54) is 0 Å². The highest BCUT2D eigenvalue weighted by Gasteiger charge is 2.16. The maximum absolute atomic E-state index is 13.2. The Morgan fingerprint density at radius 1 is 0.968 bits per heavy atom. The van der Waals surface area contributed by atoms with Crippen LogP contribution in [0, 0.1) is 0 Å². The van der Waals surface area contributed by atoms with Crippen molar-refractivity contribution >= 4 is 50.0 Å². The molecule has 7 heteroatoms. The Morgan fingerprint density at radius 2 is 1.74 bits per heavy atom. The summed E-state index contributed by atoms with van der Waals surface area (Å²) >= 11 is 9.66. The highest BCUT2D eigenvalue weighted by molar-refractivity contribution is 9.10. The molecule has 0 saturated carbocycles. The van der Waals surface area contributed by atoms with Gasteiger partial charge in [-0.15, -0.1) is 0 Å². The van der Waals surface area contributed by atoms with Gasteiger partial charge in [-0.25, -0.2) is 4.98 Å².